The zero-order valence-corrected chi connectivity index (χ0v) is 21.6. The number of aliphatic hydroxyl groups is 2. The van der Waals surface area contributed by atoms with E-state index >= 15 is 0 Å². The number of ether oxygens (including phenoxy) is 2. The van der Waals surface area contributed by atoms with Gasteiger partial charge in [-0.3, -0.25) is 14.8 Å². The highest BCUT2D eigenvalue weighted by Gasteiger charge is 2.32. The van der Waals surface area contributed by atoms with E-state index in [1.165, 1.54) is 0 Å². The van der Waals surface area contributed by atoms with Crippen LogP contribution >= 0.6 is 11.8 Å². The van der Waals surface area contributed by atoms with Crippen molar-refractivity contribution in [1.29, 1.82) is 0 Å². The Hall–Kier alpha value is -2.47. The standard InChI is InChI=1S/C27H36N2O7S/c30-13-14-37-18-23-15-24(21-9-7-20(17-31)8-10-21)36-27(35-23)22-11-5-19(6-12-22)16-28-25(32)3-1-2-4-26(33)29-34/h5-12,23-24,27,30-31,34H,1-4,13-18H2,(H,28,32)(H,29,33). The van der Waals surface area contributed by atoms with Crippen LogP contribution in [-0.2, 0) is 32.2 Å². The van der Waals surface area contributed by atoms with E-state index in [0.717, 1.165) is 28.0 Å². The molecule has 1 fully saturated rings. The Morgan fingerprint density at radius 3 is 2.19 bits per heavy atom. The molecule has 0 saturated carbocycles. The van der Waals surface area contributed by atoms with E-state index in [1.807, 2.05) is 48.5 Å². The Balaban J connectivity index is 1.56. The monoisotopic (exact) mass is 532 g/mol. The minimum absolute atomic E-state index is 0.00583. The number of amides is 2. The highest BCUT2D eigenvalue weighted by Crippen LogP contribution is 2.38. The summed E-state index contributed by atoms with van der Waals surface area (Å²) in [5.74, 6) is 0.860. The number of aliphatic hydroxyl groups excluding tert-OH is 2. The topological polar surface area (TPSA) is 137 Å². The Labute approximate surface area is 221 Å². The van der Waals surface area contributed by atoms with E-state index in [4.69, 9.17) is 19.8 Å². The first-order valence-corrected chi connectivity index (χ1v) is 13.7. The summed E-state index contributed by atoms with van der Waals surface area (Å²) < 4.78 is 12.6. The van der Waals surface area contributed by atoms with Gasteiger partial charge in [0, 0.05) is 42.9 Å². The second-order valence-electron chi connectivity index (χ2n) is 8.91. The van der Waals surface area contributed by atoms with Gasteiger partial charge in [-0.1, -0.05) is 48.5 Å². The average molecular weight is 533 g/mol. The molecule has 2 aromatic carbocycles. The molecule has 5 N–H and O–H groups in total. The maximum Gasteiger partial charge on any atom is 0.243 e. The first-order valence-electron chi connectivity index (χ1n) is 12.5. The molecule has 2 aromatic rings. The van der Waals surface area contributed by atoms with Gasteiger partial charge in [-0.2, -0.15) is 11.8 Å². The van der Waals surface area contributed by atoms with Crippen LogP contribution in [0.25, 0.3) is 0 Å². The molecule has 0 aromatic heterocycles. The molecule has 1 saturated heterocycles. The third kappa shape index (κ3) is 9.73. The van der Waals surface area contributed by atoms with Crippen LogP contribution in [0.5, 0.6) is 0 Å². The van der Waals surface area contributed by atoms with E-state index in [-0.39, 0.29) is 37.7 Å². The molecule has 0 bridgehead atoms. The van der Waals surface area contributed by atoms with Crippen molar-refractivity contribution < 1.29 is 34.5 Å². The molecule has 0 spiro atoms. The number of nitrogens with one attached hydrogen (secondary N) is 2. The summed E-state index contributed by atoms with van der Waals surface area (Å²) in [6, 6.07) is 15.5. The van der Waals surface area contributed by atoms with Crippen molar-refractivity contribution in [2.24, 2.45) is 0 Å². The number of unbranched alkanes of at least 4 members (excludes halogenated alkanes) is 1. The molecule has 3 unspecified atom stereocenters. The number of carbonyl (C=O) groups excluding carboxylic acids is 2. The summed E-state index contributed by atoms with van der Waals surface area (Å²) >= 11 is 1.65. The van der Waals surface area contributed by atoms with Gasteiger partial charge in [-0.05, 0) is 29.5 Å². The summed E-state index contributed by atoms with van der Waals surface area (Å²) in [7, 11) is 0. The van der Waals surface area contributed by atoms with Gasteiger partial charge in [0.1, 0.15) is 0 Å². The molecule has 1 aliphatic heterocycles. The number of benzene rings is 2. The van der Waals surface area contributed by atoms with Crippen molar-refractivity contribution in [2.45, 2.75) is 63.8 Å². The van der Waals surface area contributed by atoms with Gasteiger partial charge in [0.2, 0.25) is 11.8 Å². The number of hydrogen-bond acceptors (Lipinski definition) is 8. The van der Waals surface area contributed by atoms with Crippen molar-refractivity contribution in [2.75, 3.05) is 18.1 Å². The predicted octanol–water partition coefficient (Wildman–Crippen LogP) is 3.13. The minimum atomic E-state index is -0.546. The SMILES string of the molecule is O=C(CCCCC(=O)NCc1ccc(C2OC(CSCCO)CC(c3ccc(CO)cc3)O2)cc1)NO. The highest BCUT2D eigenvalue weighted by molar-refractivity contribution is 7.99. The minimum Gasteiger partial charge on any atom is -0.396 e. The number of carbonyl (C=O) groups is 2. The normalized spacial score (nSPS) is 19.4. The molecule has 3 rings (SSSR count). The summed E-state index contributed by atoms with van der Waals surface area (Å²) in [6.45, 7) is 0.513. The number of hydrogen-bond donors (Lipinski definition) is 5. The number of thioether (sulfide) groups is 1. The van der Waals surface area contributed by atoms with E-state index in [9.17, 15) is 14.7 Å². The fourth-order valence-electron chi connectivity index (χ4n) is 4.01. The van der Waals surface area contributed by atoms with Gasteiger partial charge < -0.3 is 25.0 Å². The lowest BCUT2D eigenvalue weighted by Gasteiger charge is -2.36. The zero-order chi connectivity index (χ0) is 26.5. The van der Waals surface area contributed by atoms with E-state index in [1.54, 1.807) is 17.2 Å². The largest absolute Gasteiger partial charge is 0.396 e. The fraction of sp³-hybridized carbons (Fsp3) is 0.481. The molecule has 2 amide bonds. The van der Waals surface area contributed by atoms with Gasteiger partial charge >= 0.3 is 0 Å². The van der Waals surface area contributed by atoms with Crippen molar-refractivity contribution in [1.82, 2.24) is 10.8 Å². The van der Waals surface area contributed by atoms with E-state index in [2.05, 4.69) is 5.32 Å². The lowest BCUT2D eigenvalue weighted by Crippen LogP contribution is -2.31. The molecule has 1 heterocycles. The first kappa shape index (κ1) is 29.1. The maximum atomic E-state index is 12.1. The summed E-state index contributed by atoms with van der Waals surface area (Å²) in [6.07, 6.45) is 1.55. The molecule has 9 nitrogen and oxygen atoms in total. The Kier molecular flexibility index (Phi) is 12.3. The fourth-order valence-corrected chi connectivity index (χ4v) is 4.78. The summed E-state index contributed by atoms with van der Waals surface area (Å²) in [4.78, 5) is 23.1. The third-order valence-corrected chi connectivity index (χ3v) is 7.16. The second kappa shape index (κ2) is 15.7. The van der Waals surface area contributed by atoms with Gasteiger partial charge in [0.05, 0.1) is 25.4 Å². The first-order chi connectivity index (χ1) is 18.0. The van der Waals surface area contributed by atoms with Crippen LogP contribution in [0.3, 0.4) is 0 Å². The van der Waals surface area contributed by atoms with Crippen LogP contribution in [0, 0.1) is 0 Å². The van der Waals surface area contributed by atoms with Crippen molar-refractivity contribution in [3.8, 4) is 0 Å². The van der Waals surface area contributed by atoms with Crippen LogP contribution < -0.4 is 10.8 Å². The van der Waals surface area contributed by atoms with E-state index in [0.29, 0.717) is 38.0 Å². The Bertz CT molecular complexity index is 972. The smallest absolute Gasteiger partial charge is 0.243 e. The lowest BCUT2D eigenvalue weighted by molar-refractivity contribution is -0.245. The van der Waals surface area contributed by atoms with Gasteiger partial charge in [0.15, 0.2) is 6.29 Å². The molecule has 3 atom stereocenters. The second-order valence-corrected chi connectivity index (χ2v) is 10.1. The molecular weight excluding hydrogens is 496 g/mol. The molecule has 0 aliphatic carbocycles. The van der Waals surface area contributed by atoms with Gasteiger partial charge in [0.25, 0.3) is 0 Å². The number of rotatable bonds is 14. The lowest BCUT2D eigenvalue weighted by atomic mass is 10.0. The van der Waals surface area contributed by atoms with Gasteiger partial charge in [-0.15, -0.1) is 0 Å². The Morgan fingerprint density at radius 1 is 0.892 bits per heavy atom. The quantitative estimate of drug-likeness (QED) is 0.142. The highest BCUT2D eigenvalue weighted by atomic mass is 32.2. The van der Waals surface area contributed by atoms with Crippen molar-refractivity contribution in [3.05, 3.63) is 70.8 Å². The third-order valence-electron chi connectivity index (χ3n) is 6.08. The van der Waals surface area contributed by atoms with Crippen LogP contribution in [0.1, 0.15) is 66.8 Å². The van der Waals surface area contributed by atoms with Crippen LogP contribution in [0.2, 0.25) is 0 Å². The van der Waals surface area contributed by atoms with E-state index < -0.39 is 12.2 Å². The van der Waals surface area contributed by atoms with Crippen molar-refractivity contribution >= 4 is 23.6 Å². The molecule has 0 radical (unpaired) electrons. The molecule has 37 heavy (non-hydrogen) atoms. The molecule has 10 heteroatoms. The predicted molar refractivity (Wildman–Crippen MR) is 140 cm³/mol. The van der Waals surface area contributed by atoms with Crippen LogP contribution in [0.4, 0.5) is 0 Å². The number of hydroxylamine groups is 1. The molecular formula is C27H36N2O7S. The zero-order valence-electron chi connectivity index (χ0n) is 20.8. The van der Waals surface area contributed by atoms with Crippen molar-refractivity contribution in [3.63, 3.8) is 0 Å². The average Bonchev–Trinajstić information content (AvgIpc) is 2.94. The van der Waals surface area contributed by atoms with Crippen LogP contribution in [0.15, 0.2) is 48.5 Å². The Morgan fingerprint density at radius 2 is 1.54 bits per heavy atom. The maximum absolute atomic E-state index is 12.1. The molecule has 1 aliphatic rings. The summed E-state index contributed by atoms with van der Waals surface area (Å²) in [5.41, 5.74) is 5.28. The van der Waals surface area contributed by atoms with Gasteiger partial charge in [-0.25, -0.2) is 5.48 Å². The van der Waals surface area contributed by atoms with Crippen LogP contribution in [-0.4, -0.2) is 51.5 Å². The molecule has 202 valence electrons. The summed E-state index contributed by atoms with van der Waals surface area (Å²) in [5, 5.41) is 29.8.